The fraction of sp³-hybridized carbons (Fsp3) is 0.917. The second-order valence-corrected chi connectivity index (χ2v) is 5.02. The zero-order valence-corrected chi connectivity index (χ0v) is 9.09. The number of rotatable bonds is 1. The van der Waals surface area contributed by atoms with Crippen molar-refractivity contribution in [3.05, 3.63) is 0 Å². The first-order valence-corrected chi connectivity index (χ1v) is 6.03. The maximum absolute atomic E-state index is 11.0. The van der Waals surface area contributed by atoms with Crippen molar-refractivity contribution in [2.45, 2.75) is 57.9 Å². The average molecular weight is 195 g/mol. The average Bonchev–Trinajstić information content (AvgIpc) is 2.17. The van der Waals surface area contributed by atoms with E-state index in [1.807, 2.05) is 0 Å². The third kappa shape index (κ3) is 2.28. The predicted octanol–water partition coefficient (Wildman–Crippen LogP) is 2.48. The molecule has 1 amide bonds. The Morgan fingerprint density at radius 3 is 2.50 bits per heavy atom. The van der Waals surface area contributed by atoms with Crippen molar-refractivity contribution in [1.82, 2.24) is 5.32 Å². The topological polar surface area (TPSA) is 29.1 Å². The summed E-state index contributed by atoms with van der Waals surface area (Å²) in [5.74, 6) is 2.03. The molecule has 0 aromatic heterocycles. The Morgan fingerprint density at radius 2 is 1.79 bits per heavy atom. The first kappa shape index (κ1) is 10.0. The number of amides is 1. The molecule has 2 rings (SSSR count). The Bertz CT molecular complexity index is 214. The molecule has 3 atom stereocenters. The molecule has 0 heterocycles. The van der Waals surface area contributed by atoms with Gasteiger partial charge in [0.25, 0.3) is 0 Å². The van der Waals surface area contributed by atoms with E-state index in [4.69, 9.17) is 0 Å². The standard InChI is InChI=1S/C12H21NO/c1-9(14)13-12-7-6-10-4-2-3-5-11(10)8-12/h10-12H,2-8H2,1H3,(H,13,14)/t10-,11+,12-/m0/s1. The van der Waals surface area contributed by atoms with Crippen LogP contribution in [-0.2, 0) is 4.79 Å². The van der Waals surface area contributed by atoms with E-state index in [-0.39, 0.29) is 5.91 Å². The maximum Gasteiger partial charge on any atom is 0.217 e. The normalized spacial score (nSPS) is 37.4. The van der Waals surface area contributed by atoms with Crippen LogP contribution in [-0.4, -0.2) is 11.9 Å². The van der Waals surface area contributed by atoms with Gasteiger partial charge in [-0.1, -0.05) is 25.7 Å². The first-order valence-electron chi connectivity index (χ1n) is 6.03. The monoisotopic (exact) mass is 195 g/mol. The Morgan fingerprint density at radius 1 is 1.07 bits per heavy atom. The minimum atomic E-state index is 0.143. The molecule has 2 aliphatic rings. The number of hydrogen-bond donors (Lipinski definition) is 1. The maximum atomic E-state index is 11.0. The second-order valence-electron chi connectivity index (χ2n) is 5.02. The van der Waals surface area contributed by atoms with Crippen molar-refractivity contribution in [2.24, 2.45) is 11.8 Å². The Kier molecular flexibility index (Phi) is 3.09. The van der Waals surface area contributed by atoms with Crippen molar-refractivity contribution in [2.75, 3.05) is 0 Å². The lowest BCUT2D eigenvalue weighted by atomic mass is 9.69. The molecule has 1 N–H and O–H groups in total. The minimum Gasteiger partial charge on any atom is -0.354 e. The van der Waals surface area contributed by atoms with Crippen molar-refractivity contribution < 1.29 is 4.79 Å². The van der Waals surface area contributed by atoms with E-state index < -0.39 is 0 Å². The van der Waals surface area contributed by atoms with Gasteiger partial charge < -0.3 is 5.32 Å². The lowest BCUT2D eigenvalue weighted by Crippen LogP contribution is -2.40. The Hall–Kier alpha value is -0.530. The van der Waals surface area contributed by atoms with Crippen LogP contribution in [0.15, 0.2) is 0 Å². The van der Waals surface area contributed by atoms with Gasteiger partial charge >= 0.3 is 0 Å². The summed E-state index contributed by atoms with van der Waals surface area (Å²) in [5, 5.41) is 3.08. The number of fused-ring (bicyclic) bond motifs is 1. The molecule has 2 nitrogen and oxygen atoms in total. The van der Waals surface area contributed by atoms with E-state index in [2.05, 4.69) is 5.32 Å². The summed E-state index contributed by atoms with van der Waals surface area (Å²) < 4.78 is 0. The van der Waals surface area contributed by atoms with Crippen LogP contribution < -0.4 is 5.32 Å². The molecule has 80 valence electrons. The lowest BCUT2D eigenvalue weighted by molar-refractivity contribution is -0.120. The molecule has 0 bridgehead atoms. The summed E-state index contributed by atoms with van der Waals surface area (Å²) in [4.78, 5) is 11.0. The van der Waals surface area contributed by atoms with E-state index in [1.54, 1.807) is 6.92 Å². The third-order valence-corrected chi connectivity index (χ3v) is 3.95. The van der Waals surface area contributed by atoms with Gasteiger partial charge in [0.2, 0.25) is 5.91 Å². The van der Waals surface area contributed by atoms with Gasteiger partial charge in [0.15, 0.2) is 0 Å². The number of nitrogens with one attached hydrogen (secondary N) is 1. The van der Waals surface area contributed by atoms with Crippen LogP contribution in [0.2, 0.25) is 0 Å². The van der Waals surface area contributed by atoms with Gasteiger partial charge in [-0.05, 0) is 31.1 Å². The van der Waals surface area contributed by atoms with E-state index in [0.29, 0.717) is 6.04 Å². The van der Waals surface area contributed by atoms with E-state index in [0.717, 1.165) is 11.8 Å². The SMILES string of the molecule is CC(=O)N[C@H]1CC[C@@H]2CCCC[C@@H]2C1. The van der Waals surface area contributed by atoms with Crippen LogP contribution >= 0.6 is 0 Å². The summed E-state index contributed by atoms with van der Waals surface area (Å²) in [5.41, 5.74) is 0. The summed E-state index contributed by atoms with van der Waals surface area (Å²) in [6.07, 6.45) is 9.48. The quantitative estimate of drug-likeness (QED) is 0.684. The minimum absolute atomic E-state index is 0.143. The Balaban J connectivity index is 1.86. The molecule has 0 radical (unpaired) electrons. The van der Waals surface area contributed by atoms with Crippen LogP contribution in [0.25, 0.3) is 0 Å². The molecular weight excluding hydrogens is 174 g/mol. The molecule has 0 spiro atoms. The highest BCUT2D eigenvalue weighted by Crippen LogP contribution is 2.40. The third-order valence-electron chi connectivity index (χ3n) is 3.95. The summed E-state index contributed by atoms with van der Waals surface area (Å²) in [6.45, 7) is 1.63. The van der Waals surface area contributed by atoms with Crippen molar-refractivity contribution >= 4 is 5.91 Å². The van der Waals surface area contributed by atoms with Crippen LogP contribution in [0, 0.1) is 11.8 Å². The van der Waals surface area contributed by atoms with Crippen LogP contribution in [0.3, 0.4) is 0 Å². The van der Waals surface area contributed by atoms with Gasteiger partial charge in [0, 0.05) is 13.0 Å². The van der Waals surface area contributed by atoms with Gasteiger partial charge in [-0.3, -0.25) is 4.79 Å². The van der Waals surface area contributed by atoms with E-state index in [1.165, 1.54) is 44.9 Å². The van der Waals surface area contributed by atoms with E-state index in [9.17, 15) is 4.79 Å². The highest BCUT2D eigenvalue weighted by Gasteiger charge is 2.32. The molecule has 14 heavy (non-hydrogen) atoms. The predicted molar refractivity (Wildman–Crippen MR) is 56.9 cm³/mol. The van der Waals surface area contributed by atoms with Crippen molar-refractivity contribution in [1.29, 1.82) is 0 Å². The molecule has 0 saturated heterocycles. The van der Waals surface area contributed by atoms with Gasteiger partial charge in [-0.25, -0.2) is 0 Å². The second kappa shape index (κ2) is 4.33. The van der Waals surface area contributed by atoms with Crippen LogP contribution in [0.4, 0.5) is 0 Å². The van der Waals surface area contributed by atoms with Crippen molar-refractivity contribution in [3.8, 4) is 0 Å². The van der Waals surface area contributed by atoms with Gasteiger partial charge in [0.05, 0.1) is 0 Å². The number of carbonyl (C=O) groups excluding carboxylic acids is 1. The van der Waals surface area contributed by atoms with Gasteiger partial charge in [0.1, 0.15) is 0 Å². The molecule has 0 unspecified atom stereocenters. The fourth-order valence-corrected chi connectivity index (χ4v) is 3.29. The molecule has 2 saturated carbocycles. The molecule has 0 aromatic rings. The molecule has 0 aromatic carbocycles. The molecular formula is C12H21NO. The van der Waals surface area contributed by atoms with E-state index >= 15 is 0 Å². The Labute approximate surface area is 86.5 Å². The molecule has 2 heteroatoms. The highest BCUT2D eigenvalue weighted by atomic mass is 16.1. The zero-order valence-electron chi connectivity index (χ0n) is 9.09. The van der Waals surface area contributed by atoms with Gasteiger partial charge in [-0.15, -0.1) is 0 Å². The highest BCUT2D eigenvalue weighted by molar-refractivity contribution is 5.73. The smallest absolute Gasteiger partial charge is 0.217 e. The van der Waals surface area contributed by atoms with Gasteiger partial charge in [-0.2, -0.15) is 0 Å². The molecule has 0 aliphatic heterocycles. The summed E-state index contributed by atoms with van der Waals surface area (Å²) in [7, 11) is 0. The summed E-state index contributed by atoms with van der Waals surface area (Å²) in [6, 6.07) is 0.479. The van der Waals surface area contributed by atoms with Crippen LogP contribution in [0.5, 0.6) is 0 Å². The lowest BCUT2D eigenvalue weighted by Gasteiger charge is -2.39. The summed E-state index contributed by atoms with van der Waals surface area (Å²) >= 11 is 0. The molecule has 2 fully saturated rings. The van der Waals surface area contributed by atoms with Crippen molar-refractivity contribution in [3.63, 3.8) is 0 Å². The number of carbonyl (C=O) groups is 1. The van der Waals surface area contributed by atoms with Crippen LogP contribution in [0.1, 0.15) is 51.9 Å². The largest absolute Gasteiger partial charge is 0.354 e. The zero-order chi connectivity index (χ0) is 9.97. The molecule has 2 aliphatic carbocycles. The first-order chi connectivity index (χ1) is 6.75. The fourth-order valence-electron chi connectivity index (χ4n) is 3.29. The number of hydrogen-bond acceptors (Lipinski definition) is 1.